The smallest absolute Gasteiger partial charge is 0.429 e. The molecule has 0 N–H and O–H groups in total. The molecule has 124 valence electrons. The van der Waals surface area contributed by atoms with Crippen LogP contribution in [0.2, 0.25) is 0 Å². The molecule has 1 nitrogen and oxygen atoms in total. The van der Waals surface area contributed by atoms with Crippen LogP contribution in [0, 0.1) is 23.3 Å². The van der Waals surface area contributed by atoms with Crippen LogP contribution >= 0.6 is 0 Å². The van der Waals surface area contributed by atoms with E-state index in [0.29, 0.717) is 24.6 Å². The van der Waals surface area contributed by atoms with Crippen LogP contribution in [0.3, 0.4) is 0 Å². The van der Waals surface area contributed by atoms with Gasteiger partial charge in [0.2, 0.25) is 0 Å². The molecule has 0 unspecified atom stereocenters. The largest absolute Gasteiger partial charge is 0.429 e. The molecule has 0 radical (unpaired) electrons. The molecule has 7 heteroatoms. The lowest BCUT2D eigenvalue weighted by Crippen LogP contribution is -2.24. The summed E-state index contributed by atoms with van der Waals surface area (Å²) in [4.78, 5) is 0. The average Bonchev–Trinajstić information content (AvgIpc) is 2.47. The van der Waals surface area contributed by atoms with Crippen molar-refractivity contribution < 1.29 is 31.1 Å². The fourth-order valence-corrected chi connectivity index (χ4v) is 2.02. The SMILES string of the molecule is CCCc1ccc(C(F)(F)Oc2ccc(F)c(F)c2)c(F)c1F. The Balaban J connectivity index is 2.35. The molecule has 0 heterocycles. The van der Waals surface area contributed by atoms with Gasteiger partial charge in [0, 0.05) is 6.07 Å². The molecule has 0 bridgehead atoms. The molecule has 0 aliphatic heterocycles. The molecule has 0 atom stereocenters. The zero-order valence-corrected chi connectivity index (χ0v) is 12.0. The van der Waals surface area contributed by atoms with E-state index >= 15 is 0 Å². The number of benzene rings is 2. The first kappa shape index (κ1) is 17.2. The summed E-state index contributed by atoms with van der Waals surface area (Å²) in [7, 11) is 0. The number of ether oxygens (including phenoxy) is 1. The van der Waals surface area contributed by atoms with E-state index in [4.69, 9.17) is 0 Å². The van der Waals surface area contributed by atoms with Gasteiger partial charge in [0.15, 0.2) is 23.3 Å². The number of aryl methyl sites for hydroxylation is 1. The van der Waals surface area contributed by atoms with Crippen molar-refractivity contribution >= 4 is 0 Å². The van der Waals surface area contributed by atoms with Crippen LogP contribution < -0.4 is 4.74 Å². The van der Waals surface area contributed by atoms with Crippen LogP contribution in [0.25, 0.3) is 0 Å². The third-order valence-electron chi connectivity index (χ3n) is 3.13. The highest BCUT2D eigenvalue weighted by Crippen LogP contribution is 2.35. The lowest BCUT2D eigenvalue weighted by molar-refractivity contribution is -0.187. The Kier molecular flexibility index (Phi) is 4.87. The third-order valence-corrected chi connectivity index (χ3v) is 3.13. The van der Waals surface area contributed by atoms with E-state index in [-0.39, 0.29) is 12.0 Å². The van der Waals surface area contributed by atoms with Crippen LogP contribution in [-0.2, 0) is 12.5 Å². The monoisotopic (exact) mass is 334 g/mol. The summed E-state index contributed by atoms with van der Waals surface area (Å²) >= 11 is 0. The number of hydrogen-bond donors (Lipinski definition) is 0. The lowest BCUT2D eigenvalue weighted by Gasteiger charge is -2.19. The minimum Gasteiger partial charge on any atom is -0.429 e. The molecular formula is C16H12F6O. The van der Waals surface area contributed by atoms with Crippen molar-refractivity contribution in [3.05, 3.63) is 64.7 Å². The van der Waals surface area contributed by atoms with Crippen molar-refractivity contribution in [1.29, 1.82) is 0 Å². The van der Waals surface area contributed by atoms with E-state index in [2.05, 4.69) is 4.74 Å². The quantitative estimate of drug-likeness (QED) is 0.672. The van der Waals surface area contributed by atoms with E-state index in [1.165, 1.54) is 0 Å². The number of hydrogen-bond acceptors (Lipinski definition) is 1. The second-order valence-electron chi connectivity index (χ2n) is 4.84. The second-order valence-corrected chi connectivity index (χ2v) is 4.84. The van der Waals surface area contributed by atoms with Gasteiger partial charge in [-0.3, -0.25) is 0 Å². The van der Waals surface area contributed by atoms with E-state index in [0.717, 1.165) is 12.1 Å². The average molecular weight is 334 g/mol. The molecule has 2 rings (SSSR count). The molecule has 23 heavy (non-hydrogen) atoms. The van der Waals surface area contributed by atoms with Crippen molar-refractivity contribution in [2.75, 3.05) is 0 Å². The van der Waals surface area contributed by atoms with Crippen LogP contribution in [0.4, 0.5) is 26.3 Å². The molecule has 0 aliphatic carbocycles. The summed E-state index contributed by atoms with van der Waals surface area (Å²) in [5, 5.41) is 0. The van der Waals surface area contributed by atoms with Gasteiger partial charge in [-0.15, -0.1) is 0 Å². The van der Waals surface area contributed by atoms with Gasteiger partial charge in [0.05, 0.1) is 0 Å². The molecular weight excluding hydrogens is 322 g/mol. The van der Waals surface area contributed by atoms with Crippen molar-refractivity contribution in [3.8, 4) is 5.75 Å². The van der Waals surface area contributed by atoms with Crippen LogP contribution in [0.1, 0.15) is 24.5 Å². The Morgan fingerprint density at radius 2 is 1.61 bits per heavy atom. The van der Waals surface area contributed by atoms with Crippen LogP contribution in [0.15, 0.2) is 30.3 Å². The topological polar surface area (TPSA) is 9.23 Å². The molecule has 0 aliphatic rings. The van der Waals surface area contributed by atoms with Gasteiger partial charge >= 0.3 is 6.11 Å². The normalized spacial score (nSPS) is 11.6. The van der Waals surface area contributed by atoms with Crippen molar-refractivity contribution in [2.45, 2.75) is 25.9 Å². The third kappa shape index (κ3) is 3.60. The summed E-state index contributed by atoms with van der Waals surface area (Å²) in [6, 6.07) is 3.49. The fourth-order valence-electron chi connectivity index (χ4n) is 2.02. The molecule has 0 amide bonds. The van der Waals surface area contributed by atoms with Gasteiger partial charge in [-0.1, -0.05) is 19.4 Å². The highest BCUT2D eigenvalue weighted by atomic mass is 19.3. The van der Waals surface area contributed by atoms with E-state index < -0.39 is 40.7 Å². The fraction of sp³-hybridized carbons (Fsp3) is 0.250. The molecule has 0 saturated carbocycles. The van der Waals surface area contributed by atoms with Crippen LogP contribution in [-0.4, -0.2) is 0 Å². The Labute approximate surface area is 128 Å². The maximum absolute atomic E-state index is 14.0. The maximum Gasteiger partial charge on any atom is 0.429 e. The first-order valence-electron chi connectivity index (χ1n) is 6.75. The summed E-state index contributed by atoms with van der Waals surface area (Å²) in [6.45, 7) is 1.73. The van der Waals surface area contributed by atoms with Gasteiger partial charge in [0.25, 0.3) is 0 Å². The minimum absolute atomic E-state index is 0.0302. The summed E-state index contributed by atoms with van der Waals surface area (Å²) < 4.78 is 85.6. The standard InChI is InChI=1S/C16H12F6O/c1-2-3-9-4-6-11(15(20)14(9)19)16(21,22)23-10-5-7-12(17)13(18)8-10/h4-8H,2-3H2,1H3. The summed E-state index contributed by atoms with van der Waals surface area (Å²) in [5.41, 5.74) is -1.35. The summed E-state index contributed by atoms with van der Waals surface area (Å²) in [6.07, 6.45) is -3.55. The zero-order valence-electron chi connectivity index (χ0n) is 12.0. The Morgan fingerprint density at radius 1 is 0.913 bits per heavy atom. The second kappa shape index (κ2) is 6.52. The van der Waals surface area contributed by atoms with E-state index in [9.17, 15) is 26.3 Å². The molecule has 2 aromatic rings. The zero-order chi connectivity index (χ0) is 17.2. The lowest BCUT2D eigenvalue weighted by atomic mass is 10.1. The maximum atomic E-state index is 14.0. The number of halogens is 6. The molecule has 0 spiro atoms. The highest BCUT2D eigenvalue weighted by Gasteiger charge is 2.39. The summed E-state index contributed by atoms with van der Waals surface area (Å²) in [5.74, 6) is -6.47. The van der Waals surface area contributed by atoms with Crippen molar-refractivity contribution in [3.63, 3.8) is 0 Å². The Morgan fingerprint density at radius 3 is 2.22 bits per heavy atom. The van der Waals surface area contributed by atoms with E-state index in [1.807, 2.05) is 0 Å². The van der Waals surface area contributed by atoms with Crippen molar-refractivity contribution in [1.82, 2.24) is 0 Å². The Bertz CT molecular complexity index is 714. The van der Waals surface area contributed by atoms with Crippen LogP contribution in [0.5, 0.6) is 5.75 Å². The van der Waals surface area contributed by atoms with Gasteiger partial charge in [0.1, 0.15) is 11.3 Å². The number of rotatable bonds is 5. The van der Waals surface area contributed by atoms with Crippen molar-refractivity contribution in [2.24, 2.45) is 0 Å². The molecule has 0 aromatic heterocycles. The molecule has 2 aromatic carbocycles. The van der Waals surface area contributed by atoms with Gasteiger partial charge in [-0.05, 0) is 30.2 Å². The van der Waals surface area contributed by atoms with Gasteiger partial charge in [-0.2, -0.15) is 8.78 Å². The van der Waals surface area contributed by atoms with Gasteiger partial charge in [-0.25, -0.2) is 17.6 Å². The Hall–Kier alpha value is -2.18. The number of alkyl halides is 2. The molecule has 0 saturated heterocycles. The predicted molar refractivity (Wildman–Crippen MR) is 71.2 cm³/mol. The minimum atomic E-state index is -4.25. The first-order chi connectivity index (χ1) is 10.8. The van der Waals surface area contributed by atoms with Gasteiger partial charge < -0.3 is 4.74 Å². The first-order valence-corrected chi connectivity index (χ1v) is 6.75. The highest BCUT2D eigenvalue weighted by molar-refractivity contribution is 5.30. The van der Waals surface area contributed by atoms with E-state index in [1.54, 1.807) is 6.92 Å². The molecule has 0 fully saturated rings. The predicted octanol–water partition coefficient (Wildman–Crippen LogP) is 5.32.